The third kappa shape index (κ3) is 5.55. The van der Waals surface area contributed by atoms with E-state index >= 15 is 0 Å². The molecule has 0 spiro atoms. The summed E-state index contributed by atoms with van der Waals surface area (Å²) in [6, 6.07) is 26.1. The van der Waals surface area contributed by atoms with Crippen LogP contribution >= 0.6 is 0 Å². The van der Waals surface area contributed by atoms with E-state index in [0.29, 0.717) is 29.3 Å². The molecule has 0 heterocycles. The molecule has 35 heavy (non-hydrogen) atoms. The number of anilines is 2. The van der Waals surface area contributed by atoms with Crippen molar-refractivity contribution in [3.63, 3.8) is 0 Å². The summed E-state index contributed by atoms with van der Waals surface area (Å²) in [7, 11) is -2.29. The zero-order valence-corrected chi connectivity index (χ0v) is 20.2. The molecule has 2 N–H and O–H groups in total. The number of sulfonamides is 1. The fourth-order valence-corrected chi connectivity index (χ4v) is 4.73. The third-order valence-electron chi connectivity index (χ3n) is 5.47. The molecule has 0 aliphatic carbocycles. The SMILES string of the molecule is CC[C@H](Oc1ccccc1OC)C(=O)Nc1ccc(S(=O)(=O)Nc2cccc3ccccc23)cc1. The predicted molar refractivity (Wildman–Crippen MR) is 138 cm³/mol. The first-order valence-corrected chi connectivity index (χ1v) is 12.6. The van der Waals surface area contributed by atoms with E-state index in [0.717, 1.165) is 10.8 Å². The van der Waals surface area contributed by atoms with Gasteiger partial charge in [0.1, 0.15) is 0 Å². The maximum atomic E-state index is 13.0. The Morgan fingerprint density at radius 1 is 0.857 bits per heavy atom. The van der Waals surface area contributed by atoms with Gasteiger partial charge in [-0.25, -0.2) is 8.42 Å². The maximum absolute atomic E-state index is 13.0. The highest BCUT2D eigenvalue weighted by molar-refractivity contribution is 7.92. The minimum atomic E-state index is -3.82. The number of benzene rings is 4. The maximum Gasteiger partial charge on any atom is 0.265 e. The number of fused-ring (bicyclic) bond motifs is 1. The largest absolute Gasteiger partial charge is 0.493 e. The Hall–Kier alpha value is -4.04. The number of hydrogen-bond donors (Lipinski definition) is 2. The van der Waals surface area contributed by atoms with E-state index in [9.17, 15) is 13.2 Å². The Balaban J connectivity index is 1.46. The molecule has 0 fully saturated rings. The Labute approximate surface area is 204 Å². The van der Waals surface area contributed by atoms with Crippen molar-refractivity contribution in [1.82, 2.24) is 0 Å². The molecule has 180 valence electrons. The summed E-state index contributed by atoms with van der Waals surface area (Å²) in [4.78, 5) is 12.9. The van der Waals surface area contributed by atoms with Gasteiger partial charge in [0.15, 0.2) is 17.6 Å². The van der Waals surface area contributed by atoms with Gasteiger partial charge in [-0.2, -0.15) is 0 Å². The quantitative estimate of drug-likeness (QED) is 0.326. The lowest BCUT2D eigenvalue weighted by Gasteiger charge is -2.19. The zero-order chi connectivity index (χ0) is 24.8. The Morgan fingerprint density at radius 2 is 1.51 bits per heavy atom. The summed E-state index contributed by atoms with van der Waals surface area (Å²) in [5.74, 6) is 0.660. The fourth-order valence-electron chi connectivity index (χ4n) is 3.65. The van der Waals surface area contributed by atoms with Crippen LogP contribution in [0.3, 0.4) is 0 Å². The first-order chi connectivity index (χ1) is 16.9. The number of rotatable bonds is 9. The van der Waals surface area contributed by atoms with E-state index in [1.807, 2.05) is 43.3 Å². The number of para-hydroxylation sites is 2. The van der Waals surface area contributed by atoms with Crippen LogP contribution < -0.4 is 19.5 Å². The fraction of sp³-hybridized carbons (Fsp3) is 0.148. The van der Waals surface area contributed by atoms with E-state index in [1.54, 1.807) is 42.5 Å². The highest BCUT2D eigenvalue weighted by Gasteiger charge is 2.21. The molecular weight excluding hydrogens is 464 g/mol. The first kappa shape index (κ1) is 24.1. The molecule has 7 nitrogen and oxygen atoms in total. The van der Waals surface area contributed by atoms with E-state index in [2.05, 4.69) is 10.0 Å². The third-order valence-corrected chi connectivity index (χ3v) is 6.85. The summed E-state index contributed by atoms with van der Waals surface area (Å²) >= 11 is 0. The normalized spacial score (nSPS) is 12.1. The molecule has 0 aromatic heterocycles. The van der Waals surface area contributed by atoms with Crippen molar-refractivity contribution in [2.45, 2.75) is 24.3 Å². The molecule has 0 radical (unpaired) electrons. The van der Waals surface area contributed by atoms with Crippen LogP contribution in [0.2, 0.25) is 0 Å². The molecule has 0 bridgehead atoms. The molecule has 0 aliphatic heterocycles. The molecule has 0 unspecified atom stereocenters. The van der Waals surface area contributed by atoms with Crippen LogP contribution in [0.5, 0.6) is 11.5 Å². The van der Waals surface area contributed by atoms with Gasteiger partial charge in [0.2, 0.25) is 0 Å². The number of methoxy groups -OCH3 is 1. The molecule has 4 aromatic carbocycles. The summed E-state index contributed by atoms with van der Waals surface area (Å²) in [6.45, 7) is 1.84. The lowest BCUT2D eigenvalue weighted by atomic mass is 10.1. The highest BCUT2D eigenvalue weighted by atomic mass is 32.2. The van der Waals surface area contributed by atoms with Gasteiger partial charge in [0.25, 0.3) is 15.9 Å². The second-order valence-electron chi connectivity index (χ2n) is 7.81. The van der Waals surface area contributed by atoms with Gasteiger partial charge >= 0.3 is 0 Å². The van der Waals surface area contributed by atoms with E-state index in [-0.39, 0.29) is 10.8 Å². The van der Waals surface area contributed by atoms with Crippen molar-refractivity contribution < 1.29 is 22.7 Å². The van der Waals surface area contributed by atoms with Crippen LogP contribution in [0.1, 0.15) is 13.3 Å². The minimum absolute atomic E-state index is 0.0840. The average Bonchev–Trinajstić information content (AvgIpc) is 2.87. The van der Waals surface area contributed by atoms with Crippen molar-refractivity contribution >= 4 is 38.1 Å². The van der Waals surface area contributed by atoms with Crippen LogP contribution in [0.4, 0.5) is 11.4 Å². The van der Waals surface area contributed by atoms with Gasteiger partial charge in [-0.15, -0.1) is 0 Å². The molecule has 0 saturated carbocycles. The van der Waals surface area contributed by atoms with Crippen LogP contribution in [0, 0.1) is 0 Å². The van der Waals surface area contributed by atoms with Crippen molar-refractivity contribution in [1.29, 1.82) is 0 Å². The van der Waals surface area contributed by atoms with Gasteiger partial charge < -0.3 is 14.8 Å². The predicted octanol–water partition coefficient (Wildman–Crippen LogP) is 5.45. The van der Waals surface area contributed by atoms with Crippen LogP contribution in [-0.4, -0.2) is 27.5 Å². The summed E-state index contributed by atoms with van der Waals surface area (Å²) in [5.41, 5.74) is 0.959. The molecule has 8 heteroatoms. The summed E-state index contributed by atoms with van der Waals surface area (Å²) in [6.07, 6.45) is -0.312. The molecule has 0 saturated heterocycles. The molecule has 1 atom stereocenters. The molecule has 4 rings (SSSR count). The summed E-state index contributed by atoms with van der Waals surface area (Å²) < 4.78 is 39.7. The summed E-state index contributed by atoms with van der Waals surface area (Å²) in [5, 5.41) is 4.53. The number of nitrogens with one attached hydrogen (secondary N) is 2. The molecule has 1 amide bonds. The van der Waals surface area contributed by atoms with E-state index in [4.69, 9.17) is 9.47 Å². The van der Waals surface area contributed by atoms with E-state index < -0.39 is 16.1 Å². The van der Waals surface area contributed by atoms with Crippen LogP contribution in [-0.2, 0) is 14.8 Å². The second kappa shape index (κ2) is 10.5. The van der Waals surface area contributed by atoms with Gasteiger partial charge in [-0.3, -0.25) is 9.52 Å². The Kier molecular flexibility index (Phi) is 7.22. The average molecular weight is 491 g/mol. The first-order valence-electron chi connectivity index (χ1n) is 11.1. The monoisotopic (exact) mass is 490 g/mol. The lowest BCUT2D eigenvalue weighted by molar-refractivity contribution is -0.122. The lowest BCUT2D eigenvalue weighted by Crippen LogP contribution is -2.32. The van der Waals surface area contributed by atoms with E-state index in [1.165, 1.54) is 19.2 Å². The highest BCUT2D eigenvalue weighted by Crippen LogP contribution is 2.28. The van der Waals surface area contributed by atoms with Gasteiger partial charge in [0.05, 0.1) is 17.7 Å². The smallest absolute Gasteiger partial charge is 0.265 e. The number of carbonyl (C=O) groups excluding carboxylic acids is 1. The Bertz CT molecular complexity index is 1430. The van der Waals surface area contributed by atoms with Crippen molar-refractivity contribution in [3.8, 4) is 11.5 Å². The number of amides is 1. The number of hydrogen-bond acceptors (Lipinski definition) is 5. The van der Waals surface area contributed by atoms with Crippen molar-refractivity contribution in [3.05, 3.63) is 91.0 Å². The van der Waals surface area contributed by atoms with Crippen LogP contribution in [0.15, 0.2) is 95.9 Å². The minimum Gasteiger partial charge on any atom is -0.493 e. The van der Waals surface area contributed by atoms with Crippen molar-refractivity contribution in [2.24, 2.45) is 0 Å². The van der Waals surface area contributed by atoms with Gasteiger partial charge in [-0.05, 0) is 54.3 Å². The molecule has 4 aromatic rings. The number of carbonyl (C=O) groups is 1. The number of ether oxygens (including phenoxy) is 2. The van der Waals surface area contributed by atoms with Crippen molar-refractivity contribution in [2.75, 3.05) is 17.1 Å². The standard InChI is InChI=1S/C27H26N2O5S/c1-3-24(34-26-14-7-6-13-25(26)33-2)27(30)28-20-15-17-21(18-16-20)35(31,32)29-23-12-8-10-19-9-4-5-11-22(19)23/h4-18,24,29H,3H2,1-2H3,(H,28,30)/t24-/m0/s1. The second-order valence-corrected chi connectivity index (χ2v) is 9.49. The van der Waals surface area contributed by atoms with Gasteiger partial charge in [-0.1, -0.05) is 55.5 Å². The van der Waals surface area contributed by atoms with Gasteiger partial charge in [0, 0.05) is 11.1 Å². The Morgan fingerprint density at radius 3 is 2.23 bits per heavy atom. The van der Waals surface area contributed by atoms with Crippen LogP contribution in [0.25, 0.3) is 10.8 Å². The molecular formula is C27H26N2O5S. The topological polar surface area (TPSA) is 93.7 Å². The molecule has 0 aliphatic rings. The zero-order valence-electron chi connectivity index (χ0n) is 19.4.